The van der Waals surface area contributed by atoms with Crippen molar-refractivity contribution in [3.8, 4) is 0 Å². The van der Waals surface area contributed by atoms with E-state index in [1.54, 1.807) is 11.6 Å². The van der Waals surface area contributed by atoms with Gasteiger partial charge in [-0.2, -0.15) is 0 Å². The fourth-order valence-electron chi connectivity index (χ4n) is 1.20. The molecule has 0 bridgehead atoms. The van der Waals surface area contributed by atoms with Gasteiger partial charge in [-0.3, -0.25) is 0 Å². The zero-order chi connectivity index (χ0) is 9.26. The number of aromatic nitrogens is 1. The molecular formula is C9H9FN2S. The molecule has 0 aliphatic carbocycles. The molecule has 0 radical (unpaired) electrons. The molecule has 1 aromatic carbocycles. The monoisotopic (exact) mass is 196 g/mol. The highest BCUT2D eigenvalue weighted by atomic mass is 32.1. The van der Waals surface area contributed by atoms with Crippen LogP contribution in [0.4, 0.5) is 10.1 Å². The van der Waals surface area contributed by atoms with Gasteiger partial charge in [-0.25, -0.2) is 9.37 Å². The highest BCUT2D eigenvalue weighted by Crippen LogP contribution is 2.24. The number of hydrogen-bond acceptors (Lipinski definition) is 3. The maximum Gasteiger partial charge on any atom is 0.147 e. The summed E-state index contributed by atoms with van der Waals surface area (Å²) >= 11 is 1.45. The van der Waals surface area contributed by atoms with E-state index in [1.807, 2.05) is 6.92 Å². The van der Waals surface area contributed by atoms with Crippen LogP contribution < -0.4 is 5.32 Å². The number of halogens is 1. The van der Waals surface area contributed by atoms with Crippen molar-refractivity contribution in [2.45, 2.75) is 6.92 Å². The molecule has 2 rings (SSSR count). The second kappa shape index (κ2) is 3.30. The van der Waals surface area contributed by atoms with Gasteiger partial charge in [0.05, 0.1) is 21.4 Å². The SMILES string of the molecule is CCNc1cc2ncsc2cc1F. The molecule has 0 aliphatic rings. The smallest absolute Gasteiger partial charge is 0.147 e. The Balaban J connectivity index is 2.56. The van der Waals surface area contributed by atoms with Crippen molar-refractivity contribution in [3.63, 3.8) is 0 Å². The molecule has 4 heteroatoms. The third kappa shape index (κ3) is 1.49. The van der Waals surface area contributed by atoms with Gasteiger partial charge in [0.25, 0.3) is 0 Å². The van der Waals surface area contributed by atoms with Crippen molar-refractivity contribution in [1.29, 1.82) is 0 Å². The lowest BCUT2D eigenvalue weighted by atomic mass is 10.3. The predicted molar refractivity (Wildman–Crippen MR) is 53.7 cm³/mol. The third-order valence-corrected chi connectivity index (χ3v) is 2.58. The lowest BCUT2D eigenvalue weighted by Gasteiger charge is -2.03. The topological polar surface area (TPSA) is 24.9 Å². The number of anilines is 1. The summed E-state index contributed by atoms with van der Waals surface area (Å²) in [6, 6.07) is 3.26. The van der Waals surface area contributed by atoms with Gasteiger partial charge in [-0.1, -0.05) is 0 Å². The molecule has 1 N–H and O–H groups in total. The van der Waals surface area contributed by atoms with E-state index in [2.05, 4.69) is 10.3 Å². The normalized spacial score (nSPS) is 10.6. The molecule has 0 spiro atoms. The van der Waals surface area contributed by atoms with Gasteiger partial charge < -0.3 is 5.32 Å². The highest BCUT2D eigenvalue weighted by Gasteiger charge is 2.04. The third-order valence-electron chi connectivity index (χ3n) is 1.79. The van der Waals surface area contributed by atoms with Crippen LogP contribution in [0.2, 0.25) is 0 Å². The summed E-state index contributed by atoms with van der Waals surface area (Å²) in [5.41, 5.74) is 3.10. The maximum atomic E-state index is 13.3. The first-order valence-corrected chi connectivity index (χ1v) is 4.96. The summed E-state index contributed by atoms with van der Waals surface area (Å²) in [7, 11) is 0. The Morgan fingerprint density at radius 3 is 3.15 bits per heavy atom. The van der Waals surface area contributed by atoms with E-state index in [1.165, 1.54) is 17.4 Å². The largest absolute Gasteiger partial charge is 0.383 e. The molecule has 13 heavy (non-hydrogen) atoms. The summed E-state index contributed by atoms with van der Waals surface area (Å²) in [5, 5.41) is 2.95. The molecule has 1 aromatic heterocycles. The van der Waals surface area contributed by atoms with Crippen LogP contribution >= 0.6 is 11.3 Å². The van der Waals surface area contributed by atoms with Crippen molar-refractivity contribution in [3.05, 3.63) is 23.5 Å². The van der Waals surface area contributed by atoms with Crippen molar-refractivity contribution in [2.24, 2.45) is 0 Å². The minimum atomic E-state index is -0.210. The van der Waals surface area contributed by atoms with Gasteiger partial charge in [0.1, 0.15) is 5.82 Å². The predicted octanol–water partition coefficient (Wildman–Crippen LogP) is 2.87. The van der Waals surface area contributed by atoms with Crippen LogP contribution in [0.3, 0.4) is 0 Å². The molecule has 0 amide bonds. The van der Waals surface area contributed by atoms with Gasteiger partial charge in [-0.05, 0) is 19.1 Å². The van der Waals surface area contributed by atoms with Crippen molar-refractivity contribution in [2.75, 3.05) is 11.9 Å². The second-order valence-electron chi connectivity index (χ2n) is 2.68. The van der Waals surface area contributed by atoms with E-state index < -0.39 is 0 Å². The van der Waals surface area contributed by atoms with Gasteiger partial charge in [0.2, 0.25) is 0 Å². The number of fused-ring (bicyclic) bond motifs is 1. The minimum absolute atomic E-state index is 0.210. The molecule has 1 heterocycles. The van der Waals surface area contributed by atoms with Crippen LogP contribution in [-0.4, -0.2) is 11.5 Å². The molecule has 2 aromatic rings. The number of hydrogen-bond donors (Lipinski definition) is 1. The van der Waals surface area contributed by atoms with Crippen LogP contribution in [0, 0.1) is 5.82 Å². The lowest BCUT2D eigenvalue weighted by molar-refractivity contribution is 0.632. The van der Waals surface area contributed by atoms with E-state index in [9.17, 15) is 4.39 Å². The standard InChI is InChI=1S/C9H9FN2S/c1-2-11-7-4-8-9(3-6(7)10)13-5-12-8/h3-5,11H,2H2,1H3. The van der Waals surface area contributed by atoms with Crippen molar-refractivity contribution < 1.29 is 4.39 Å². The van der Waals surface area contributed by atoms with E-state index in [4.69, 9.17) is 0 Å². The number of nitrogens with zero attached hydrogens (tertiary/aromatic N) is 1. The Labute approximate surface area is 79.4 Å². The average Bonchev–Trinajstić information content (AvgIpc) is 2.52. The summed E-state index contributed by atoms with van der Waals surface area (Å²) in [6.07, 6.45) is 0. The number of benzene rings is 1. The molecule has 2 nitrogen and oxygen atoms in total. The summed E-state index contributed by atoms with van der Waals surface area (Å²) < 4.78 is 14.2. The van der Waals surface area contributed by atoms with Gasteiger partial charge in [0, 0.05) is 6.54 Å². The number of thiazole rings is 1. The van der Waals surface area contributed by atoms with E-state index >= 15 is 0 Å². The summed E-state index contributed by atoms with van der Waals surface area (Å²) in [6.45, 7) is 2.65. The van der Waals surface area contributed by atoms with E-state index in [-0.39, 0.29) is 5.82 Å². The minimum Gasteiger partial charge on any atom is -0.383 e. The molecule has 0 aliphatic heterocycles. The van der Waals surface area contributed by atoms with Crippen molar-refractivity contribution >= 4 is 27.2 Å². The van der Waals surface area contributed by atoms with Crippen LogP contribution in [0.15, 0.2) is 17.6 Å². The fraction of sp³-hybridized carbons (Fsp3) is 0.222. The van der Waals surface area contributed by atoms with Crippen LogP contribution in [0.1, 0.15) is 6.92 Å². The van der Waals surface area contributed by atoms with Gasteiger partial charge in [0.15, 0.2) is 0 Å². The first-order valence-electron chi connectivity index (χ1n) is 4.08. The lowest BCUT2D eigenvalue weighted by Crippen LogP contribution is -1.98. The number of rotatable bonds is 2. The Morgan fingerprint density at radius 1 is 1.54 bits per heavy atom. The Hall–Kier alpha value is -1.16. The second-order valence-corrected chi connectivity index (χ2v) is 3.57. The molecule has 0 unspecified atom stereocenters. The zero-order valence-corrected chi connectivity index (χ0v) is 7.99. The Morgan fingerprint density at radius 2 is 2.38 bits per heavy atom. The van der Waals surface area contributed by atoms with Crippen LogP contribution in [0.25, 0.3) is 10.2 Å². The quantitative estimate of drug-likeness (QED) is 0.798. The first kappa shape index (κ1) is 8.44. The van der Waals surface area contributed by atoms with Crippen LogP contribution in [-0.2, 0) is 0 Å². The molecule has 0 atom stereocenters. The average molecular weight is 196 g/mol. The maximum absolute atomic E-state index is 13.3. The van der Waals surface area contributed by atoms with E-state index in [0.29, 0.717) is 12.2 Å². The number of nitrogens with one attached hydrogen (secondary N) is 1. The Kier molecular flexibility index (Phi) is 2.14. The Bertz CT molecular complexity index is 424. The summed E-state index contributed by atoms with van der Waals surface area (Å²) in [4.78, 5) is 4.11. The van der Waals surface area contributed by atoms with Gasteiger partial charge >= 0.3 is 0 Å². The molecular weight excluding hydrogens is 187 g/mol. The molecule has 0 saturated carbocycles. The first-order chi connectivity index (χ1) is 6.31. The summed E-state index contributed by atoms with van der Waals surface area (Å²) in [5.74, 6) is -0.210. The van der Waals surface area contributed by atoms with E-state index in [0.717, 1.165) is 10.2 Å². The van der Waals surface area contributed by atoms with Crippen LogP contribution in [0.5, 0.6) is 0 Å². The highest BCUT2D eigenvalue weighted by molar-refractivity contribution is 7.16. The van der Waals surface area contributed by atoms with Crippen molar-refractivity contribution in [1.82, 2.24) is 4.98 Å². The molecule has 68 valence electrons. The molecule has 0 saturated heterocycles. The fourth-order valence-corrected chi connectivity index (χ4v) is 1.89. The zero-order valence-electron chi connectivity index (χ0n) is 7.17. The van der Waals surface area contributed by atoms with Gasteiger partial charge in [-0.15, -0.1) is 11.3 Å². The molecule has 0 fully saturated rings.